The second kappa shape index (κ2) is 11.5. The molecule has 5 rings (SSSR count). The summed E-state index contributed by atoms with van der Waals surface area (Å²) in [6.07, 6.45) is 11.7. The maximum absolute atomic E-state index is 12.5. The molecule has 0 aliphatic carbocycles. The van der Waals surface area contributed by atoms with Crippen molar-refractivity contribution in [3.63, 3.8) is 0 Å². The quantitative estimate of drug-likeness (QED) is 0.268. The second-order valence-electron chi connectivity index (χ2n) is 9.28. The third kappa shape index (κ3) is 5.95. The van der Waals surface area contributed by atoms with Crippen LogP contribution in [0.15, 0.2) is 77.9 Å². The summed E-state index contributed by atoms with van der Waals surface area (Å²) in [7, 11) is 0. The minimum absolute atomic E-state index is 0.193. The molecule has 0 bridgehead atoms. The number of benzene rings is 2. The monoisotopic (exact) mass is 505 g/mol. The zero-order chi connectivity index (χ0) is 26.3. The first kappa shape index (κ1) is 24.9. The summed E-state index contributed by atoms with van der Waals surface area (Å²) in [4.78, 5) is 34.2. The smallest absolute Gasteiger partial charge is 0.267 e. The normalized spacial score (nSPS) is 13.6. The Bertz CT molecular complexity index is 1520. The van der Waals surface area contributed by atoms with Crippen LogP contribution >= 0.6 is 0 Å². The molecule has 8 nitrogen and oxygen atoms in total. The number of carbonyl (C=O) groups excluding carboxylic acids is 1. The molecule has 0 spiro atoms. The highest BCUT2D eigenvalue weighted by Crippen LogP contribution is 2.21. The SMILES string of the molecule is C#Cc1cccc(-c2ccc(=O)n(Cc3cccc(-c4ncc(OCC5CCN(C=O)CC5)cn4)c3)n2)c1. The van der Waals surface area contributed by atoms with Gasteiger partial charge >= 0.3 is 0 Å². The second-order valence-corrected chi connectivity index (χ2v) is 9.28. The fourth-order valence-electron chi connectivity index (χ4n) is 4.45. The Kier molecular flexibility index (Phi) is 7.55. The lowest BCUT2D eigenvalue weighted by atomic mass is 9.98. The van der Waals surface area contributed by atoms with Crippen LogP contribution in [0.3, 0.4) is 0 Å². The first-order valence-electron chi connectivity index (χ1n) is 12.5. The van der Waals surface area contributed by atoms with E-state index in [1.165, 1.54) is 10.7 Å². The van der Waals surface area contributed by atoms with Gasteiger partial charge in [0.2, 0.25) is 6.41 Å². The molecule has 0 radical (unpaired) electrons. The van der Waals surface area contributed by atoms with Gasteiger partial charge in [-0.1, -0.05) is 36.3 Å². The van der Waals surface area contributed by atoms with Crippen LogP contribution in [-0.2, 0) is 11.3 Å². The van der Waals surface area contributed by atoms with E-state index in [1.807, 2.05) is 48.5 Å². The van der Waals surface area contributed by atoms with E-state index in [4.69, 9.17) is 11.2 Å². The third-order valence-corrected chi connectivity index (χ3v) is 6.62. The Labute approximate surface area is 220 Å². The van der Waals surface area contributed by atoms with E-state index in [2.05, 4.69) is 21.0 Å². The van der Waals surface area contributed by atoms with E-state index in [9.17, 15) is 9.59 Å². The summed E-state index contributed by atoms with van der Waals surface area (Å²) in [5, 5.41) is 4.56. The molecule has 0 atom stereocenters. The predicted molar refractivity (Wildman–Crippen MR) is 144 cm³/mol. The molecule has 2 aromatic heterocycles. The number of hydrogen-bond donors (Lipinski definition) is 0. The molecule has 4 aromatic rings. The summed E-state index contributed by atoms with van der Waals surface area (Å²) in [5.41, 5.74) is 3.82. The van der Waals surface area contributed by atoms with Crippen LogP contribution in [0.5, 0.6) is 5.75 Å². The Morgan fingerprint density at radius 1 is 1.00 bits per heavy atom. The molecule has 1 fully saturated rings. The number of piperidine rings is 1. The maximum Gasteiger partial charge on any atom is 0.267 e. The van der Waals surface area contributed by atoms with E-state index in [1.54, 1.807) is 23.4 Å². The fourth-order valence-corrected chi connectivity index (χ4v) is 4.45. The molecule has 0 saturated carbocycles. The number of likely N-dealkylation sites (tertiary alicyclic amines) is 1. The highest BCUT2D eigenvalue weighted by Gasteiger charge is 2.18. The topological polar surface area (TPSA) is 90.2 Å². The maximum atomic E-state index is 12.5. The minimum Gasteiger partial charge on any atom is -0.490 e. The summed E-state index contributed by atoms with van der Waals surface area (Å²) in [6.45, 7) is 2.43. The van der Waals surface area contributed by atoms with Gasteiger partial charge in [0.1, 0.15) is 0 Å². The van der Waals surface area contributed by atoms with Crippen molar-refractivity contribution in [2.24, 2.45) is 5.92 Å². The van der Waals surface area contributed by atoms with Crippen LogP contribution in [0.25, 0.3) is 22.6 Å². The van der Waals surface area contributed by atoms with Crippen LogP contribution in [-0.4, -0.2) is 50.8 Å². The van der Waals surface area contributed by atoms with Crippen molar-refractivity contribution in [1.29, 1.82) is 0 Å². The van der Waals surface area contributed by atoms with Crippen molar-refractivity contribution in [2.75, 3.05) is 19.7 Å². The number of rotatable bonds is 8. The molecular formula is C30H27N5O3. The van der Waals surface area contributed by atoms with Gasteiger partial charge < -0.3 is 9.64 Å². The molecule has 38 heavy (non-hydrogen) atoms. The standard InChI is InChI=1S/C30H27N5O3/c1-2-22-5-3-7-25(15-22)28-9-10-29(37)35(33-28)19-24-6-4-8-26(16-24)30-31-17-27(18-32-30)38-20-23-11-13-34(21-36)14-12-23/h1,3-10,15-18,21,23H,11-14,19-20H2. The molecule has 1 saturated heterocycles. The van der Waals surface area contributed by atoms with Gasteiger partial charge in [-0.05, 0) is 48.6 Å². The lowest BCUT2D eigenvalue weighted by Crippen LogP contribution is -2.34. The molecule has 0 N–H and O–H groups in total. The predicted octanol–water partition coefficient (Wildman–Crippen LogP) is 3.64. The molecule has 3 heterocycles. The summed E-state index contributed by atoms with van der Waals surface area (Å²) >= 11 is 0. The number of aromatic nitrogens is 4. The number of carbonyl (C=O) groups is 1. The number of nitrogens with zero attached hydrogens (tertiary/aromatic N) is 5. The average molecular weight is 506 g/mol. The van der Waals surface area contributed by atoms with Crippen molar-refractivity contribution in [2.45, 2.75) is 19.4 Å². The van der Waals surface area contributed by atoms with Crippen LogP contribution in [0.1, 0.15) is 24.0 Å². The first-order valence-corrected chi connectivity index (χ1v) is 12.5. The summed E-state index contributed by atoms with van der Waals surface area (Å²) < 4.78 is 7.33. The Morgan fingerprint density at radius 3 is 2.53 bits per heavy atom. The number of hydrogen-bond acceptors (Lipinski definition) is 6. The van der Waals surface area contributed by atoms with Gasteiger partial charge in [-0.25, -0.2) is 14.6 Å². The van der Waals surface area contributed by atoms with Crippen molar-refractivity contribution < 1.29 is 9.53 Å². The van der Waals surface area contributed by atoms with Gasteiger partial charge in [-0.2, -0.15) is 5.10 Å². The fraction of sp³-hybridized carbons (Fsp3) is 0.233. The van der Waals surface area contributed by atoms with E-state index in [-0.39, 0.29) is 5.56 Å². The zero-order valence-corrected chi connectivity index (χ0v) is 20.9. The average Bonchev–Trinajstić information content (AvgIpc) is 2.98. The van der Waals surface area contributed by atoms with E-state index < -0.39 is 0 Å². The van der Waals surface area contributed by atoms with Crippen molar-refractivity contribution in [1.82, 2.24) is 24.6 Å². The lowest BCUT2D eigenvalue weighted by Gasteiger charge is -2.28. The van der Waals surface area contributed by atoms with Gasteiger partial charge in [0.25, 0.3) is 5.56 Å². The molecule has 1 aliphatic rings. The molecule has 0 unspecified atom stereocenters. The Balaban J connectivity index is 1.26. The van der Waals surface area contributed by atoms with E-state index in [0.717, 1.165) is 54.6 Å². The van der Waals surface area contributed by atoms with E-state index in [0.29, 0.717) is 36.3 Å². The largest absolute Gasteiger partial charge is 0.490 e. The minimum atomic E-state index is -0.193. The highest BCUT2D eigenvalue weighted by atomic mass is 16.5. The van der Waals surface area contributed by atoms with Crippen molar-refractivity contribution >= 4 is 6.41 Å². The molecule has 1 aliphatic heterocycles. The highest BCUT2D eigenvalue weighted by molar-refractivity contribution is 5.61. The van der Waals surface area contributed by atoms with Crippen LogP contribution in [0.4, 0.5) is 0 Å². The van der Waals surface area contributed by atoms with Gasteiger partial charge in [0, 0.05) is 35.8 Å². The van der Waals surface area contributed by atoms with Crippen LogP contribution in [0, 0.1) is 18.3 Å². The lowest BCUT2D eigenvalue weighted by molar-refractivity contribution is -0.119. The Hall–Kier alpha value is -4.77. The molecular weight excluding hydrogens is 478 g/mol. The molecule has 8 heteroatoms. The van der Waals surface area contributed by atoms with E-state index >= 15 is 0 Å². The number of ether oxygens (including phenoxy) is 1. The van der Waals surface area contributed by atoms with Gasteiger partial charge in [0.05, 0.1) is 31.2 Å². The number of amides is 1. The van der Waals surface area contributed by atoms with Crippen molar-refractivity contribution in [3.05, 3.63) is 94.5 Å². The van der Waals surface area contributed by atoms with Gasteiger partial charge in [-0.15, -0.1) is 6.42 Å². The molecule has 1 amide bonds. The van der Waals surface area contributed by atoms with Crippen molar-refractivity contribution in [3.8, 4) is 40.7 Å². The zero-order valence-electron chi connectivity index (χ0n) is 20.9. The summed E-state index contributed by atoms with van der Waals surface area (Å²) in [5.74, 6) is 4.22. The first-order chi connectivity index (χ1) is 18.6. The van der Waals surface area contributed by atoms with Gasteiger partial charge in [-0.3, -0.25) is 9.59 Å². The van der Waals surface area contributed by atoms with Gasteiger partial charge in [0.15, 0.2) is 11.6 Å². The summed E-state index contributed by atoms with van der Waals surface area (Å²) in [6, 6.07) is 18.5. The molecule has 190 valence electrons. The number of terminal acetylenes is 1. The molecule has 2 aromatic carbocycles. The van der Waals surface area contributed by atoms with Crippen LogP contribution < -0.4 is 10.3 Å². The Morgan fingerprint density at radius 2 is 1.76 bits per heavy atom. The third-order valence-electron chi connectivity index (χ3n) is 6.62. The van der Waals surface area contributed by atoms with Crippen LogP contribution in [0.2, 0.25) is 0 Å².